The van der Waals surface area contributed by atoms with Crippen LogP contribution in [0.4, 0.5) is 16.0 Å². The van der Waals surface area contributed by atoms with E-state index in [4.69, 9.17) is 0 Å². The van der Waals surface area contributed by atoms with Gasteiger partial charge in [0.25, 0.3) is 5.91 Å². The number of rotatable bonds is 11. The second-order valence-electron chi connectivity index (χ2n) is 9.17. The van der Waals surface area contributed by atoms with Gasteiger partial charge in [-0.3, -0.25) is 14.5 Å². The van der Waals surface area contributed by atoms with Gasteiger partial charge in [-0.15, -0.1) is 5.10 Å². The first-order chi connectivity index (χ1) is 20.3. The summed E-state index contributed by atoms with van der Waals surface area (Å²) < 4.78 is 41.9. The number of hydrogen-bond donors (Lipinski definition) is 3. The van der Waals surface area contributed by atoms with E-state index >= 15 is 0 Å². The number of nitrogens with one attached hydrogen (secondary N) is 3. The number of carbonyl (C=O) groups is 1. The molecule has 0 saturated carbocycles. The van der Waals surface area contributed by atoms with E-state index in [1.807, 2.05) is 25.1 Å². The van der Waals surface area contributed by atoms with Crippen molar-refractivity contribution < 1.29 is 17.6 Å². The van der Waals surface area contributed by atoms with Crippen molar-refractivity contribution in [2.45, 2.75) is 24.9 Å². The van der Waals surface area contributed by atoms with Gasteiger partial charge in [0.15, 0.2) is 0 Å². The van der Waals surface area contributed by atoms with Crippen LogP contribution in [0.3, 0.4) is 0 Å². The summed E-state index contributed by atoms with van der Waals surface area (Å²) in [5.74, 6) is -0.577. The first-order valence-electron chi connectivity index (χ1n) is 12.8. The molecule has 1 amide bonds. The van der Waals surface area contributed by atoms with Crippen LogP contribution >= 0.6 is 0 Å². The van der Waals surface area contributed by atoms with Crippen molar-refractivity contribution in [3.8, 4) is 11.3 Å². The Labute approximate surface area is 241 Å². The summed E-state index contributed by atoms with van der Waals surface area (Å²) in [6, 6.07) is 15.5. The predicted molar refractivity (Wildman–Crippen MR) is 153 cm³/mol. The molecule has 2 aromatic carbocycles. The van der Waals surface area contributed by atoms with Crippen molar-refractivity contribution in [1.29, 1.82) is 0 Å². The van der Waals surface area contributed by atoms with Crippen LogP contribution in [-0.2, 0) is 23.1 Å². The molecule has 5 rings (SSSR count). The number of halogens is 1. The predicted octanol–water partition coefficient (Wildman–Crippen LogP) is 3.23. The van der Waals surface area contributed by atoms with Gasteiger partial charge < -0.3 is 10.6 Å². The van der Waals surface area contributed by atoms with Crippen LogP contribution in [0.25, 0.3) is 11.3 Å². The standard InChI is InChI=1S/C28H26FN9O3S/c1-19-7-8-20(14-26(19)35-28-31-11-9-25(34-28)21-4-3-10-30-16-21)27(39)32-17-23-18-38(37-36-23)13-12-33-42(40,41)24-6-2-5-22(29)15-24/h2-11,14-16,18,33H,12-13,17H2,1H3,(H,32,39)(H,31,34,35). The minimum atomic E-state index is -3.86. The molecule has 3 heterocycles. The first-order valence-corrected chi connectivity index (χ1v) is 14.3. The third kappa shape index (κ3) is 7.16. The van der Waals surface area contributed by atoms with E-state index in [-0.39, 0.29) is 30.4 Å². The molecular formula is C28H26FN9O3S. The van der Waals surface area contributed by atoms with E-state index in [1.165, 1.54) is 22.9 Å². The first kappa shape index (κ1) is 28.4. The largest absolute Gasteiger partial charge is 0.346 e. The van der Waals surface area contributed by atoms with Crippen molar-refractivity contribution in [2.75, 3.05) is 11.9 Å². The highest BCUT2D eigenvalue weighted by atomic mass is 32.2. The minimum absolute atomic E-state index is 0.0159. The smallest absolute Gasteiger partial charge is 0.251 e. The molecule has 0 aliphatic carbocycles. The third-order valence-corrected chi connectivity index (χ3v) is 7.57. The maximum absolute atomic E-state index is 13.4. The number of benzene rings is 2. The quantitative estimate of drug-likeness (QED) is 0.211. The number of hydrogen-bond acceptors (Lipinski definition) is 9. The Hall–Kier alpha value is -5.08. The number of nitrogens with zero attached hydrogens (tertiary/aromatic N) is 6. The molecular weight excluding hydrogens is 561 g/mol. The molecule has 0 aliphatic rings. The fourth-order valence-electron chi connectivity index (χ4n) is 3.93. The molecule has 0 atom stereocenters. The zero-order valence-corrected chi connectivity index (χ0v) is 23.2. The van der Waals surface area contributed by atoms with Crippen molar-refractivity contribution in [3.63, 3.8) is 0 Å². The Balaban J connectivity index is 1.16. The average Bonchev–Trinajstić information content (AvgIpc) is 3.45. The summed E-state index contributed by atoms with van der Waals surface area (Å²) in [5, 5.41) is 14.0. The molecule has 0 saturated heterocycles. The normalized spacial score (nSPS) is 11.3. The lowest BCUT2D eigenvalue weighted by atomic mass is 10.1. The van der Waals surface area contributed by atoms with E-state index in [9.17, 15) is 17.6 Å². The summed E-state index contributed by atoms with van der Waals surface area (Å²) in [7, 11) is -3.86. The maximum atomic E-state index is 13.4. The lowest BCUT2D eigenvalue weighted by molar-refractivity contribution is 0.0950. The van der Waals surface area contributed by atoms with Gasteiger partial charge in [-0.1, -0.05) is 17.3 Å². The average molecular weight is 588 g/mol. The number of aromatic nitrogens is 6. The van der Waals surface area contributed by atoms with Gasteiger partial charge in [-0.05, 0) is 61.0 Å². The molecule has 0 aliphatic heterocycles. The van der Waals surface area contributed by atoms with Gasteiger partial charge >= 0.3 is 0 Å². The Morgan fingerprint density at radius 2 is 1.93 bits per heavy atom. The van der Waals surface area contributed by atoms with Crippen LogP contribution in [0.15, 0.2) is 90.3 Å². The molecule has 14 heteroatoms. The lowest BCUT2D eigenvalue weighted by Crippen LogP contribution is -2.27. The van der Waals surface area contributed by atoms with Gasteiger partial charge in [0.2, 0.25) is 16.0 Å². The zero-order chi connectivity index (χ0) is 29.5. The number of aryl methyl sites for hydroxylation is 1. The topological polar surface area (TPSA) is 157 Å². The molecule has 3 N–H and O–H groups in total. The molecule has 0 unspecified atom stereocenters. The highest BCUT2D eigenvalue weighted by Gasteiger charge is 2.15. The van der Waals surface area contributed by atoms with Gasteiger partial charge in [0.1, 0.15) is 11.5 Å². The van der Waals surface area contributed by atoms with Gasteiger partial charge in [-0.25, -0.2) is 27.5 Å². The Morgan fingerprint density at radius 1 is 1.05 bits per heavy atom. The highest BCUT2D eigenvalue weighted by molar-refractivity contribution is 7.89. The van der Waals surface area contributed by atoms with Crippen molar-refractivity contribution >= 4 is 27.6 Å². The monoisotopic (exact) mass is 587 g/mol. The van der Waals surface area contributed by atoms with Crippen molar-refractivity contribution in [2.24, 2.45) is 0 Å². The van der Waals surface area contributed by atoms with Crippen LogP contribution in [-0.4, -0.2) is 50.8 Å². The fourth-order valence-corrected chi connectivity index (χ4v) is 4.98. The summed E-state index contributed by atoms with van der Waals surface area (Å²) in [6.45, 7) is 2.22. The molecule has 0 radical (unpaired) electrons. The number of pyridine rings is 1. The van der Waals surface area contributed by atoms with Crippen LogP contribution in [0.5, 0.6) is 0 Å². The summed E-state index contributed by atoms with van der Waals surface area (Å²) in [5.41, 5.74) is 4.06. The molecule has 3 aromatic heterocycles. The highest BCUT2D eigenvalue weighted by Crippen LogP contribution is 2.22. The minimum Gasteiger partial charge on any atom is -0.346 e. The Kier molecular flexibility index (Phi) is 8.55. The van der Waals surface area contributed by atoms with Gasteiger partial charge in [0.05, 0.1) is 29.9 Å². The van der Waals surface area contributed by atoms with E-state index in [1.54, 1.807) is 43.0 Å². The van der Waals surface area contributed by atoms with Crippen molar-refractivity contribution in [1.82, 2.24) is 40.0 Å². The van der Waals surface area contributed by atoms with Crippen LogP contribution in [0, 0.1) is 12.7 Å². The maximum Gasteiger partial charge on any atom is 0.251 e. The number of sulfonamides is 1. The Morgan fingerprint density at radius 3 is 2.74 bits per heavy atom. The lowest BCUT2D eigenvalue weighted by Gasteiger charge is -2.11. The van der Waals surface area contributed by atoms with E-state index in [2.05, 4.69) is 40.6 Å². The molecule has 5 aromatic rings. The van der Waals surface area contributed by atoms with Gasteiger partial charge in [-0.2, -0.15) is 0 Å². The number of anilines is 2. The van der Waals surface area contributed by atoms with Gasteiger partial charge in [0, 0.05) is 41.9 Å². The molecule has 12 nitrogen and oxygen atoms in total. The third-order valence-electron chi connectivity index (χ3n) is 6.11. The summed E-state index contributed by atoms with van der Waals surface area (Å²) >= 11 is 0. The second-order valence-corrected chi connectivity index (χ2v) is 10.9. The molecule has 214 valence electrons. The molecule has 0 spiro atoms. The second kappa shape index (κ2) is 12.6. The van der Waals surface area contributed by atoms with E-state index in [0.717, 1.165) is 17.2 Å². The van der Waals surface area contributed by atoms with Crippen LogP contribution in [0.1, 0.15) is 21.6 Å². The molecule has 0 bridgehead atoms. The molecule has 0 fully saturated rings. The summed E-state index contributed by atoms with van der Waals surface area (Å²) in [6.07, 6.45) is 6.66. The Bertz CT molecular complexity index is 1810. The van der Waals surface area contributed by atoms with E-state index in [0.29, 0.717) is 28.6 Å². The summed E-state index contributed by atoms with van der Waals surface area (Å²) in [4.78, 5) is 25.7. The van der Waals surface area contributed by atoms with Crippen LogP contribution < -0.4 is 15.4 Å². The number of carbonyl (C=O) groups excluding carboxylic acids is 1. The SMILES string of the molecule is Cc1ccc(C(=O)NCc2cn(CCNS(=O)(=O)c3cccc(F)c3)nn2)cc1Nc1nccc(-c2cccnc2)n1. The number of amides is 1. The van der Waals surface area contributed by atoms with Crippen molar-refractivity contribution in [3.05, 3.63) is 108 Å². The zero-order valence-electron chi connectivity index (χ0n) is 22.4. The van der Waals surface area contributed by atoms with Crippen LogP contribution in [0.2, 0.25) is 0 Å². The van der Waals surface area contributed by atoms with E-state index < -0.39 is 15.8 Å². The molecule has 42 heavy (non-hydrogen) atoms. The fraction of sp³-hybridized carbons (Fsp3) is 0.143.